The number of halogens is 1. The molecule has 5 heteroatoms. The molecule has 2 saturated heterocycles. The summed E-state index contributed by atoms with van der Waals surface area (Å²) in [6.45, 7) is 4.09. The molecule has 0 spiro atoms. The number of hydrogen-bond donors (Lipinski definition) is 0. The molecular weight excluding hydrogens is 238 g/mol. The van der Waals surface area contributed by atoms with Crippen LogP contribution in [0.15, 0.2) is 12.4 Å². The summed E-state index contributed by atoms with van der Waals surface area (Å²) in [5.74, 6) is 0.535. The van der Waals surface area contributed by atoms with Gasteiger partial charge in [0.15, 0.2) is 0 Å². The monoisotopic (exact) mass is 253 g/mol. The topological polar surface area (TPSA) is 38.2 Å². The predicted molar refractivity (Wildman–Crippen MR) is 65.2 cm³/mol. The molecule has 1 aromatic rings. The summed E-state index contributed by atoms with van der Waals surface area (Å²) in [6.07, 6.45) is 3.87. The Labute approximate surface area is 106 Å². The molecule has 0 aliphatic carbocycles. The van der Waals surface area contributed by atoms with Crippen molar-refractivity contribution in [3.05, 3.63) is 23.2 Å². The van der Waals surface area contributed by atoms with E-state index in [-0.39, 0.29) is 0 Å². The van der Waals surface area contributed by atoms with Gasteiger partial charge in [-0.1, -0.05) is 11.6 Å². The Balaban J connectivity index is 1.60. The minimum absolute atomic E-state index is 0.535. The molecule has 2 aliphatic heterocycles. The maximum Gasteiger partial charge on any atom is 0.132 e. The average Bonchev–Trinajstić information content (AvgIpc) is 2.28. The Bertz CT molecular complexity index is 389. The molecule has 0 unspecified atom stereocenters. The van der Waals surface area contributed by atoms with Gasteiger partial charge in [0.05, 0.1) is 19.3 Å². The van der Waals surface area contributed by atoms with Crippen molar-refractivity contribution in [1.82, 2.24) is 14.9 Å². The van der Waals surface area contributed by atoms with Crippen LogP contribution in [-0.2, 0) is 4.74 Å². The lowest BCUT2D eigenvalue weighted by Crippen LogP contribution is -2.51. The third-order valence-electron chi connectivity index (χ3n) is 3.74. The smallest absolute Gasteiger partial charge is 0.132 e. The number of piperidine rings is 1. The zero-order chi connectivity index (χ0) is 11.7. The maximum absolute atomic E-state index is 5.90. The highest BCUT2D eigenvalue weighted by Crippen LogP contribution is 2.29. The largest absolute Gasteiger partial charge is 0.378 e. The summed E-state index contributed by atoms with van der Waals surface area (Å²) in [6, 6.07) is 2.55. The van der Waals surface area contributed by atoms with E-state index in [1.807, 2.05) is 6.07 Å². The summed E-state index contributed by atoms with van der Waals surface area (Å²) >= 11 is 5.90. The first-order valence-corrected chi connectivity index (χ1v) is 6.50. The lowest BCUT2D eigenvalue weighted by molar-refractivity contribution is -0.0713. The van der Waals surface area contributed by atoms with Crippen LogP contribution in [0.25, 0.3) is 0 Å². The van der Waals surface area contributed by atoms with E-state index in [1.54, 1.807) is 6.33 Å². The van der Waals surface area contributed by atoms with Gasteiger partial charge in [0.1, 0.15) is 11.5 Å². The Kier molecular flexibility index (Phi) is 3.27. The molecule has 92 valence electrons. The lowest BCUT2D eigenvalue weighted by atomic mass is 9.92. The second kappa shape index (κ2) is 4.88. The molecule has 2 aliphatic rings. The van der Waals surface area contributed by atoms with Crippen LogP contribution in [0.4, 0.5) is 0 Å². The van der Waals surface area contributed by atoms with Gasteiger partial charge in [0, 0.05) is 11.6 Å². The molecule has 0 radical (unpaired) electrons. The lowest BCUT2D eigenvalue weighted by Gasteiger charge is -2.41. The van der Waals surface area contributed by atoms with Gasteiger partial charge >= 0.3 is 0 Å². The third-order valence-corrected chi connectivity index (χ3v) is 3.95. The van der Waals surface area contributed by atoms with Crippen molar-refractivity contribution in [2.45, 2.75) is 24.8 Å². The van der Waals surface area contributed by atoms with Crippen molar-refractivity contribution in [1.29, 1.82) is 0 Å². The fraction of sp³-hybridized carbons (Fsp3) is 0.667. The van der Waals surface area contributed by atoms with Gasteiger partial charge in [0.2, 0.25) is 0 Å². The van der Waals surface area contributed by atoms with Crippen LogP contribution >= 0.6 is 11.6 Å². The number of rotatable bonds is 2. The van der Waals surface area contributed by atoms with Crippen molar-refractivity contribution < 1.29 is 4.74 Å². The van der Waals surface area contributed by atoms with Gasteiger partial charge in [-0.3, -0.25) is 4.90 Å². The molecule has 17 heavy (non-hydrogen) atoms. The maximum atomic E-state index is 5.90. The van der Waals surface area contributed by atoms with Gasteiger partial charge < -0.3 is 4.74 Å². The minimum Gasteiger partial charge on any atom is -0.378 e. The van der Waals surface area contributed by atoms with E-state index >= 15 is 0 Å². The van der Waals surface area contributed by atoms with Crippen LogP contribution in [0.5, 0.6) is 0 Å². The molecule has 0 aromatic carbocycles. The Morgan fingerprint density at radius 2 is 2.00 bits per heavy atom. The Morgan fingerprint density at radius 1 is 1.24 bits per heavy atom. The van der Waals surface area contributed by atoms with Crippen molar-refractivity contribution in [2.75, 3.05) is 26.3 Å². The quantitative estimate of drug-likeness (QED) is 0.752. The number of aromatic nitrogens is 2. The van der Waals surface area contributed by atoms with E-state index in [1.165, 1.54) is 0 Å². The first-order chi connectivity index (χ1) is 8.33. The van der Waals surface area contributed by atoms with Crippen molar-refractivity contribution in [3.63, 3.8) is 0 Å². The summed E-state index contributed by atoms with van der Waals surface area (Å²) < 4.78 is 5.24. The zero-order valence-electron chi connectivity index (χ0n) is 9.68. The highest BCUT2D eigenvalue weighted by molar-refractivity contribution is 6.29. The van der Waals surface area contributed by atoms with E-state index in [0.717, 1.165) is 44.8 Å². The normalized spacial score (nSPS) is 23.6. The highest BCUT2D eigenvalue weighted by Gasteiger charge is 2.30. The molecule has 0 amide bonds. The van der Waals surface area contributed by atoms with Crippen LogP contribution in [0.1, 0.15) is 24.5 Å². The fourth-order valence-corrected chi connectivity index (χ4v) is 2.72. The van der Waals surface area contributed by atoms with Crippen molar-refractivity contribution >= 4 is 11.6 Å². The number of hydrogen-bond acceptors (Lipinski definition) is 4. The number of likely N-dealkylation sites (tertiary alicyclic amines) is 1. The van der Waals surface area contributed by atoms with Crippen LogP contribution < -0.4 is 0 Å². The third kappa shape index (κ3) is 2.44. The van der Waals surface area contributed by atoms with E-state index in [2.05, 4.69) is 14.9 Å². The SMILES string of the molecule is Clc1cc(C2CCN(C3COC3)CC2)ncn1. The summed E-state index contributed by atoms with van der Waals surface area (Å²) in [5, 5.41) is 0.546. The molecular formula is C12H16ClN3O. The fourth-order valence-electron chi connectivity index (χ4n) is 2.56. The second-order valence-corrected chi connectivity index (χ2v) is 5.15. The predicted octanol–water partition coefficient (Wildman–Crippen LogP) is 1.71. The summed E-state index contributed by atoms with van der Waals surface area (Å²) in [5.41, 5.74) is 1.09. The van der Waals surface area contributed by atoms with E-state index in [9.17, 15) is 0 Å². The molecule has 3 heterocycles. The standard InChI is InChI=1S/C12H16ClN3O/c13-12-5-11(14-8-15-12)9-1-3-16(4-2-9)10-6-17-7-10/h5,8-10H,1-4,6-7H2. The van der Waals surface area contributed by atoms with E-state index in [4.69, 9.17) is 16.3 Å². The van der Waals surface area contributed by atoms with Crippen molar-refractivity contribution in [2.24, 2.45) is 0 Å². The van der Waals surface area contributed by atoms with Gasteiger partial charge in [-0.05, 0) is 32.0 Å². The number of nitrogens with zero attached hydrogens (tertiary/aromatic N) is 3. The summed E-state index contributed by atoms with van der Waals surface area (Å²) in [7, 11) is 0. The molecule has 2 fully saturated rings. The highest BCUT2D eigenvalue weighted by atomic mass is 35.5. The van der Waals surface area contributed by atoms with Gasteiger partial charge in [-0.25, -0.2) is 9.97 Å². The molecule has 0 bridgehead atoms. The second-order valence-electron chi connectivity index (χ2n) is 4.77. The van der Waals surface area contributed by atoms with Crippen molar-refractivity contribution in [3.8, 4) is 0 Å². The molecule has 0 saturated carbocycles. The van der Waals surface area contributed by atoms with Gasteiger partial charge in [0.25, 0.3) is 0 Å². The minimum atomic E-state index is 0.535. The van der Waals surface area contributed by atoms with Gasteiger partial charge in [-0.15, -0.1) is 0 Å². The van der Waals surface area contributed by atoms with Crippen LogP contribution in [-0.4, -0.2) is 47.2 Å². The Morgan fingerprint density at radius 3 is 2.59 bits per heavy atom. The zero-order valence-corrected chi connectivity index (χ0v) is 10.4. The Hall–Kier alpha value is -0.710. The summed E-state index contributed by atoms with van der Waals surface area (Å²) in [4.78, 5) is 10.8. The van der Waals surface area contributed by atoms with E-state index in [0.29, 0.717) is 17.1 Å². The molecule has 0 N–H and O–H groups in total. The van der Waals surface area contributed by atoms with Crippen LogP contribution in [0.3, 0.4) is 0 Å². The average molecular weight is 254 g/mol. The molecule has 0 atom stereocenters. The molecule has 1 aromatic heterocycles. The first kappa shape index (κ1) is 11.4. The van der Waals surface area contributed by atoms with Crippen LogP contribution in [0, 0.1) is 0 Å². The first-order valence-electron chi connectivity index (χ1n) is 6.12. The van der Waals surface area contributed by atoms with Gasteiger partial charge in [-0.2, -0.15) is 0 Å². The van der Waals surface area contributed by atoms with Crippen LogP contribution in [0.2, 0.25) is 5.15 Å². The molecule has 4 nitrogen and oxygen atoms in total. The molecule has 3 rings (SSSR count). The number of ether oxygens (including phenoxy) is 1. The van der Waals surface area contributed by atoms with E-state index < -0.39 is 0 Å².